The van der Waals surface area contributed by atoms with Crippen LogP contribution < -0.4 is 0 Å². The number of halogens is 1. The Bertz CT molecular complexity index is 836. The van der Waals surface area contributed by atoms with E-state index in [-0.39, 0.29) is 30.1 Å². The molecule has 27 heavy (non-hydrogen) atoms. The van der Waals surface area contributed by atoms with Crippen LogP contribution in [0, 0.1) is 5.82 Å². The number of fused-ring (bicyclic) bond motifs is 1. The molecule has 6 heteroatoms. The van der Waals surface area contributed by atoms with E-state index in [0.717, 1.165) is 24.1 Å². The second-order valence-corrected chi connectivity index (χ2v) is 7.60. The van der Waals surface area contributed by atoms with Gasteiger partial charge in [-0.1, -0.05) is 30.3 Å². The molecule has 5 rings (SSSR count). The first kappa shape index (κ1) is 16.8. The first-order valence-electron chi connectivity index (χ1n) is 9.42. The molecule has 2 aliphatic heterocycles. The van der Waals surface area contributed by atoms with E-state index in [1.165, 1.54) is 12.3 Å². The molecule has 140 valence electrons. The SMILES string of the molecule is O=C1N2C(c3ccc(F)cn3)CC[C@H]2OC12CC(OCc1ccccc1)C2. The maximum absolute atomic E-state index is 13.2. The van der Waals surface area contributed by atoms with Crippen molar-refractivity contribution in [2.75, 3.05) is 0 Å². The number of pyridine rings is 1. The lowest BCUT2D eigenvalue weighted by atomic mass is 9.76. The Labute approximate surface area is 157 Å². The summed E-state index contributed by atoms with van der Waals surface area (Å²) in [7, 11) is 0. The van der Waals surface area contributed by atoms with Crippen LogP contribution in [0.4, 0.5) is 4.39 Å². The highest BCUT2D eigenvalue weighted by Crippen LogP contribution is 2.51. The lowest BCUT2D eigenvalue weighted by molar-refractivity contribution is -0.177. The average molecular weight is 368 g/mol. The summed E-state index contributed by atoms with van der Waals surface area (Å²) in [6, 6.07) is 12.9. The largest absolute Gasteiger partial charge is 0.373 e. The normalized spacial score (nSPS) is 32.0. The molecule has 1 unspecified atom stereocenters. The maximum Gasteiger partial charge on any atom is 0.257 e. The van der Waals surface area contributed by atoms with Crippen molar-refractivity contribution in [3.8, 4) is 0 Å². The molecule has 0 bridgehead atoms. The standard InChI is InChI=1S/C21H21FN2O3/c22-15-6-7-17(23-12-15)18-8-9-19-24(18)20(25)21(27-19)10-16(11-21)26-13-14-4-2-1-3-5-14/h1-7,12,16,18-19H,8-11,13H2/t16?,18?,19-,21?/m1/s1. The number of hydrogen-bond donors (Lipinski definition) is 0. The van der Waals surface area contributed by atoms with Crippen LogP contribution >= 0.6 is 0 Å². The Hall–Kier alpha value is -2.31. The molecular weight excluding hydrogens is 347 g/mol. The van der Waals surface area contributed by atoms with Crippen molar-refractivity contribution in [2.45, 2.75) is 56.3 Å². The van der Waals surface area contributed by atoms with Crippen LogP contribution in [0.2, 0.25) is 0 Å². The minimum Gasteiger partial charge on any atom is -0.373 e. The molecule has 0 N–H and O–H groups in total. The summed E-state index contributed by atoms with van der Waals surface area (Å²) in [5.74, 6) is -0.341. The topological polar surface area (TPSA) is 51.7 Å². The quantitative estimate of drug-likeness (QED) is 0.830. The molecule has 1 amide bonds. The fourth-order valence-corrected chi connectivity index (χ4v) is 4.44. The molecule has 1 aliphatic carbocycles. The number of nitrogens with zero attached hydrogens (tertiary/aromatic N) is 2. The van der Waals surface area contributed by atoms with E-state index in [1.807, 2.05) is 35.2 Å². The van der Waals surface area contributed by atoms with Crippen molar-refractivity contribution < 1.29 is 18.7 Å². The van der Waals surface area contributed by atoms with Gasteiger partial charge in [0.2, 0.25) is 0 Å². The number of carbonyl (C=O) groups excluding carboxylic acids is 1. The number of carbonyl (C=O) groups is 1. The van der Waals surface area contributed by atoms with Crippen LogP contribution in [0.25, 0.3) is 0 Å². The van der Waals surface area contributed by atoms with Crippen molar-refractivity contribution in [1.29, 1.82) is 0 Å². The zero-order valence-corrected chi connectivity index (χ0v) is 14.9. The highest BCUT2D eigenvalue weighted by Gasteiger charge is 2.63. The number of benzene rings is 1. The number of rotatable bonds is 4. The Morgan fingerprint density at radius 1 is 1.19 bits per heavy atom. The Morgan fingerprint density at radius 2 is 2.00 bits per heavy atom. The smallest absolute Gasteiger partial charge is 0.257 e. The number of aromatic nitrogens is 1. The van der Waals surface area contributed by atoms with Crippen LogP contribution in [0.3, 0.4) is 0 Å². The van der Waals surface area contributed by atoms with Gasteiger partial charge in [-0.15, -0.1) is 0 Å². The zero-order chi connectivity index (χ0) is 18.4. The van der Waals surface area contributed by atoms with Gasteiger partial charge in [-0.3, -0.25) is 9.78 Å². The second kappa shape index (κ2) is 6.39. The second-order valence-electron chi connectivity index (χ2n) is 7.60. The molecule has 1 aromatic heterocycles. The summed E-state index contributed by atoms with van der Waals surface area (Å²) in [4.78, 5) is 19.1. The monoisotopic (exact) mass is 368 g/mol. The van der Waals surface area contributed by atoms with E-state index in [1.54, 1.807) is 6.07 Å². The van der Waals surface area contributed by atoms with Gasteiger partial charge in [0.15, 0.2) is 5.60 Å². The van der Waals surface area contributed by atoms with Gasteiger partial charge < -0.3 is 14.4 Å². The van der Waals surface area contributed by atoms with Gasteiger partial charge in [0.1, 0.15) is 12.0 Å². The van der Waals surface area contributed by atoms with Gasteiger partial charge in [0.25, 0.3) is 5.91 Å². The van der Waals surface area contributed by atoms with Crippen molar-refractivity contribution >= 4 is 5.91 Å². The minimum atomic E-state index is -0.745. The predicted molar refractivity (Wildman–Crippen MR) is 94.9 cm³/mol. The van der Waals surface area contributed by atoms with Crippen LogP contribution in [0.5, 0.6) is 0 Å². The molecule has 5 nitrogen and oxygen atoms in total. The first-order chi connectivity index (χ1) is 13.1. The van der Waals surface area contributed by atoms with E-state index in [2.05, 4.69) is 4.98 Å². The Kier molecular flexibility index (Phi) is 3.98. The van der Waals surface area contributed by atoms with E-state index in [4.69, 9.17) is 9.47 Å². The zero-order valence-electron chi connectivity index (χ0n) is 14.9. The van der Waals surface area contributed by atoms with Crippen LogP contribution in [0.1, 0.15) is 43.0 Å². The molecule has 2 aromatic rings. The molecule has 1 saturated carbocycles. The Morgan fingerprint density at radius 3 is 2.74 bits per heavy atom. The summed E-state index contributed by atoms with van der Waals surface area (Å²) in [6.45, 7) is 0.547. The lowest BCUT2D eigenvalue weighted by Crippen LogP contribution is -2.54. The fraction of sp³-hybridized carbons (Fsp3) is 0.429. The van der Waals surface area contributed by atoms with E-state index in [9.17, 15) is 9.18 Å². The number of ether oxygens (including phenoxy) is 2. The van der Waals surface area contributed by atoms with Crippen molar-refractivity contribution in [3.63, 3.8) is 0 Å². The molecule has 3 heterocycles. The molecular formula is C21H21FN2O3. The van der Waals surface area contributed by atoms with Crippen molar-refractivity contribution in [2.24, 2.45) is 0 Å². The van der Waals surface area contributed by atoms with E-state index >= 15 is 0 Å². The minimum absolute atomic E-state index is 0.0284. The van der Waals surface area contributed by atoms with Gasteiger partial charge in [-0.25, -0.2) is 4.39 Å². The third kappa shape index (κ3) is 2.84. The third-order valence-corrected chi connectivity index (χ3v) is 5.85. The van der Waals surface area contributed by atoms with E-state index < -0.39 is 5.60 Å². The Balaban J connectivity index is 1.24. The van der Waals surface area contributed by atoms with Gasteiger partial charge in [0, 0.05) is 12.8 Å². The highest BCUT2D eigenvalue weighted by molar-refractivity contribution is 5.89. The third-order valence-electron chi connectivity index (χ3n) is 5.85. The van der Waals surface area contributed by atoms with Crippen LogP contribution in [0.15, 0.2) is 48.7 Å². The molecule has 1 spiro atoms. The van der Waals surface area contributed by atoms with Gasteiger partial charge in [-0.05, 0) is 30.5 Å². The highest BCUT2D eigenvalue weighted by atomic mass is 19.1. The summed E-state index contributed by atoms with van der Waals surface area (Å²) < 4.78 is 25.3. The average Bonchev–Trinajstić information content (AvgIpc) is 3.19. The van der Waals surface area contributed by atoms with Crippen LogP contribution in [-0.2, 0) is 20.9 Å². The van der Waals surface area contributed by atoms with Crippen molar-refractivity contribution in [3.05, 3.63) is 65.7 Å². The summed E-state index contributed by atoms with van der Waals surface area (Å²) in [5.41, 5.74) is 1.11. The molecule has 3 aliphatic rings. The molecule has 2 saturated heterocycles. The van der Waals surface area contributed by atoms with Gasteiger partial charge >= 0.3 is 0 Å². The predicted octanol–water partition coefficient (Wildman–Crippen LogP) is 3.36. The summed E-state index contributed by atoms with van der Waals surface area (Å²) >= 11 is 0. The fourth-order valence-electron chi connectivity index (χ4n) is 4.44. The van der Waals surface area contributed by atoms with Gasteiger partial charge in [0.05, 0.1) is 30.6 Å². The molecule has 1 aromatic carbocycles. The lowest BCUT2D eigenvalue weighted by Gasteiger charge is -2.42. The van der Waals surface area contributed by atoms with E-state index in [0.29, 0.717) is 19.4 Å². The number of hydrogen-bond acceptors (Lipinski definition) is 4. The van der Waals surface area contributed by atoms with Crippen LogP contribution in [-0.4, -0.2) is 33.7 Å². The van der Waals surface area contributed by atoms with Crippen molar-refractivity contribution in [1.82, 2.24) is 9.88 Å². The maximum atomic E-state index is 13.2. The molecule has 2 atom stereocenters. The first-order valence-corrected chi connectivity index (χ1v) is 9.42. The summed E-state index contributed by atoms with van der Waals surface area (Å²) in [6.07, 6.45) is 3.80. The molecule has 3 fully saturated rings. The van der Waals surface area contributed by atoms with Gasteiger partial charge in [-0.2, -0.15) is 0 Å². The number of amides is 1. The summed E-state index contributed by atoms with van der Waals surface area (Å²) in [5, 5.41) is 0. The molecule has 0 radical (unpaired) electrons.